The number of alkyl halides is 1. The first-order valence-electron chi connectivity index (χ1n) is 2.73. The minimum absolute atomic E-state index is 0.827. The summed E-state index contributed by atoms with van der Waals surface area (Å²) in [5, 5.41) is 6.50. The third-order valence-corrected chi connectivity index (χ3v) is 1.00. The van der Waals surface area contributed by atoms with Gasteiger partial charge in [0.25, 0.3) is 0 Å². The van der Waals surface area contributed by atoms with Crippen molar-refractivity contribution in [2.75, 3.05) is 5.88 Å². The van der Waals surface area contributed by atoms with E-state index in [1.165, 1.54) is 19.3 Å². The van der Waals surface area contributed by atoms with Crippen LogP contribution in [-0.2, 0) is 0 Å². The number of halogens is 1. The zero-order chi connectivity index (χ0) is 6.83. The Balaban J connectivity index is 0. The zero-order valence-electron chi connectivity index (χ0n) is 5.23. The van der Waals surface area contributed by atoms with Crippen LogP contribution in [0.3, 0.4) is 0 Å². The van der Waals surface area contributed by atoms with E-state index in [1.54, 1.807) is 0 Å². The molecule has 0 aliphatic heterocycles. The molecule has 0 fully saturated rings. The number of hydrogen-bond acceptors (Lipinski definition) is 1. The molecule has 0 spiro atoms. The van der Waals surface area contributed by atoms with Crippen LogP contribution in [0.25, 0.3) is 0 Å². The summed E-state index contributed by atoms with van der Waals surface area (Å²) >= 11 is 5.38. The molecule has 0 saturated heterocycles. The second kappa shape index (κ2) is 15.7. The summed E-state index contributed by atoms with van der Waals surface area (Å²) in [5.41, 5.74) is 0. The fourth-order valence-corrected chi connectivity index (χ4v) is 0.533. The Kier molecular flexibility index (Phi) is 21.5. The van der Waals surface area contributed by atoms with E-state index in [0.717, 1.165) is 5.88 Å². The molecule has 0 heterocycles. The zero-order valence-corrected chi connectivity index (χ0v) is 5.99. The SMILES string of the molecule is B#N.CCCCCCl. The maximum absolute atomic E-state index is 6.50. The number of hydrogen-bond donors (Lipinski definition) is 0. The van der Waals surface area contributed by atoms with Crippen LogP contribution in [0.15, 0.2) is 0 Å². The predicted octanol–water partition coefficient (Wildman–Crippen LogP) is 2.05. The van der Waals surface area contributed by atoms with Gasteiger partial charge in [0.15, 0.2) is 0 Å². The largest absolute Gasteiger partial charge is 0.127 e. The molecule has 3 heteroatoms. The van der Waals surface area contributed by atoms with Crippen molar-refractivity contribution in [1.82, 2.24) is 0 Å². The molecule has 0 aromatic rings. The minimum Gasteiger partial charge on any atom is -0.127 e. The Morgan fingerprint density at radius 1 is 1.38 bits per heavy atom. The second-order valence-electron chi connectivity index (χ2n) is 1.40. The maximum atomic E-state index is 6.50. The standard InChI is InChI=1S/C5H11Cl.BN/c1-2-3-4-5-6;1-2/h2-5H2,1H3;. The van der Waals surface area contributed by atoms with Crippen molar-refractivity contribution in [3.05, 3.63) is 0 Å². The van der Waals surface area contributed by atoms with E-state index < -0.39 is 0 Å². The molecule has 0 amide bonds. The molecule has 0 aromatic heterocycles. The van der Waals surface area contributed by atoms with E-state index in [2.05, 4.69) is 14.4 Å². The number of nitrogens with zero attached hydrogens (tertiary/aromatic N) is 1. The molecule has 0 aliphatic rings. The fraction of sp³-hybridized carbons (Fsp3) is 1.00. The average Bonchev–Trinajstić information content (AvgIpc) is 1.88. The van der Waals surface area contributed by atoms with Gasteiger partial charge >= 0.3 is 12.6 Å². The third kappa shape index (κ3) is 16.6. The van der Waals surface area contributed by atoms with Crippen LogP contribution in [0, 0.1) is 5.16 Å². The molecule has 0 N–H and O–H groups in total. The third-order valence-electron chi connectivity index (χ3n) is 0.737. The van der Waals surface area contributed by atoms with Crippen molar-refractivity contribution < 1.29 is 0 Å². The van der Waals surface area contributed by atoms with Gasteiger partial charge in [-0.1, -0.05) is 19.8 Å². The molecule has 0 bridgehead atoms. The molecule has 0 radical (unpaired) electrons. The molecular weight excluding hydrogens is 120 g/mol. The summed E-state index contributed by atoms with van der Waals surface area (Å²) in [6.45, 7) is 2.17. The Morgan fingerprint density at radius 2 is 1.88 bits per heavy atom. The Bertz CT molecular complexity index is 42.9. The number of rotatable bonds is 3. The normalized spacial score (nSPS) is 7.38. The number of unbranched alkanes of at least 4 members (excludes halogenated alkanes) is 2. The van der Waals surface area contributed by atoms with Crippen molar-refractivity contribution in [2.45, 2.75) is 26.2 Å². The van der Waals surface area contributed by atoms with Crippen LogP contribution in [0.2, 0.25) is 0 Å². The Labute approximate surface area is 57.0 Å². The molecule has 46 valence electrons. The van der Waals surface area contributed by atoms with E-state index in [9.17, 15) is 0 Å². The van der Waals surface area contributed by atoms with Crippen molar-refractivity contribution in [3.8, 4) is 0 Å². The van der Waals surface area contributed by atoms with Gasteiger partial charge in [0.1, 0.15) is 0 Å². The molecule has 8 heavy (non-hydrogen) atoms. The van der Waals surface area contributed by atoms with E-state index in [4.69, 9.17) is 16.8 Å². The fourth-order valence-electron chi connectivity index (χ4n) is 0.344. The van der Waals surface area contributed by atoms with Gasteiger partial charge in [0.05, 0.1) is 0 Å². The van der Waals surface area contributed by atoms with Crippen LogP contribution in [0.5, 0.6) is 0 Å². The molecule has 0 saturated carbocycles. The van der Waals surface area contributed by atoms with Crippen LogP contribution in [0.1, 0.15) is 26.2 Å². The Hall–Kier alpha value is 0.0649. The van der Waals surface area contributed by atoms with Crippen LogP contribution >= 0.6 is 11.6 Å². The second-order valence-corrected chi connectivity index (χ2v) is 1.77. The quantitative estimate of drug-likeness (QED) is 0.327. The predicted molar refractivity (Wildman–Crippen MR) is 37.7 cm³/mol. The summed E-state index contributed by atoms with van der Waals surface area (Å²) in [5.74, 6) is 0.827. The summed E-state index contributed by atoms with van der Waals surface area (Å²) in [7, 11) is 3.50. The first-order valence-corrected chi connectivity index (χ1v) is 3.27. The van der Waals surface area contributed by atoms with Crippen molar-refractivity contribution in [1.29, 1.82) is 5.16 Å². The smallest absolute Gasteiger partial charge is 0.0223 e. The van der Waals surface area contributed by atoms with Gasteiger partial charge in [0, 0.05) is 5.88 Å². The van der Waals surface area contributed by atoms with Crippen LogP contribution < -0.4 is 0 Å². The van der Waals surface area contributed by atoms with Crippen LogP contribution in [-0.4, -0.2) is 13.4 Å². The van der Waals surface area contributed by atoms with Crippen molar-refractivity contribution >= 4 is 19.1 Å². The summed E-state index contributed by atoms with van der Waals surface area (Å²) in [6.07, 6.45) is 3.73. The summed E-state index contributed by atoms with van der Waals surface area (Å²) in [6, 6.07) is 0. The van der Waals surface area contributed by atoms with Gasteiger partial charge in [-0.25, -0.2) is 0 Å². The average molecular weight is 131 g/mol. The topological polar surface area (TPSA) is 23.8 Å². The molecular formula is C5H11BClN. The molecule has 0 rings (SSSR count). The van der Waals surface area contributed by atoms with Gasteiger partial charge in [-0.05, 0) is 6.42 Å². The van der Waals surface area contributed by atoms with Gasteiger partial charge in [-0.3, -0.25) is 0 Å². The summed E-state index contributed by atoms with van der Waals surface area (Å²) < 4.78 is 0. The van der Waals surface area contributed by atoms with E-state index in [-0.39, 0.29) is 0 Å². The van der Waals surface area contributed by atoms with E-state index in [0.29, 0.717) is 0 Å². The van der Waals surface area contributed by atoms with E-state index in [1.807, 2.05) is 0 Å². The monoisotopic (exact) mass is 131 g/mol. The van der Waals surface area contributed by atoms with Gasteiger partial charge < -0.3 is 0 Å². The van der Waals surface area contributed by atoms with Gasteiger partial charge in [-0.15, -0.1) is 11.6 Å². The molecule has 1 nitrogen and oxygen atoms in total. The van der Waals surface area contributed by atoms with Gasteiger partial charge in [0.2, 0.25) is 0 Å². The molecule has 0 aliphatic carbocycles. The summed E-state index contributed by atoms with van der Waals surface area (Å²) in [4.78, 5) is 0. The molecule has 0 aromatic carbocycles. The van der Waals surface area contributed by atoms with Crippen molar-refractivity contribution in [3.63, 3.8) is 0 Å². The Morgan fingerprint density at radius 3 is 2.00 bits per heavy atom. The van der Waals surface area contributed by atoms with Gasteiger partial charge in [-0.2, -0.15) is 0 Å². The molecule has 0 unspecified atom stereocenters. The van der Waals surface area contributed by atoms with Crippen LogP contribution in [0.4, 0.5) is 0 Å². The minimum atomic E-state index is 0.827. The first-order chi connectivity index (χ1) is 3.91. The maximum Gasteiger partial charge on any atom is 0.0223 e. The first kappa shape index (κ1) is 10.9. The van der Waals surface area contributed by atoms with E-state index >= 15 is 0 Å². The molecule has 0 atom stereocenters. The van der Waals surface area contributed by atoms with Crippen molar-refractivity contribution in [2.24, 2.45) is 0 Å².